The maximum Gasteiger partial charge on any atom is 0.251 e. The number of amides is 1. The van der Waals surface area contributed by atoms with Crippen molar-refractivity contribution in [3.63, 3.8) is 0 Å². The molecule has 1 aliphatic rings. The molecular weight excluding hydrogens is 266 g/mol. The Hall–Kier alpha value is -1.59. The van der Waals surface area contributed by atoms with Gasteiger partial charge in [-0.05, 0) is 30.5 Å². The molecule has 2 rings (SSSR count). The number of anilines is 1. The van der Waals surface area contributed by atoms with Crippen molar-refractivity contribution >= 4 is 11.6 Å². The van der Waals surface area contributed by atoms with E-state index in [0.29, 0.717) is 23.7 Å². The highest BCUT2D eigenvalue weighted by atomic mass is 16.5. The van der Waals surface area contributed by atoms with E-state index in [1.807, 2.05) is 19.1 Å². The number of nitrogens with one attached hydrogen (secondary N) is 1. The summed E-state index contributed by atoms with van der Waals surface area (Å²) in [6, 6.07) is 5.42. The predicted molar refractivity (Wildman–Crippen MR) is 84.3 cm³/mol. The number of carbonyl (C=O) groups is 1. The third-order valence-corrected chi connectivity index (χ3v) is 3.79. The molecule has 1 aromatic carbocycles. The van der Waals surface area contributed by atoms with Crippen LogP contribution < -0.4 is 11.1 Å². The molecule has 0 bridgehead atoms. The van der Waals surface area contributed by atoms with Crippen LogP contribution in [0.15, 0.2) is 18.2 Å². The molecule has 0 saturated carbocycles. The molecule has 1 fully saturated rings. The van der Waals surface area contributed by atoms with Crippen molar-refractivity contribution in [1.29, 1.82) is 0 Å². The fraction of sp³-hybridized carbons (Fsp3) is 0.562. The van der Waals surface area contributed by atoms with Crippen LogP contribution in [0.5, 0.6) is 0 Å². The zero-order chi connectivity index (χ0) is 15.2. The molecule has 21 heavy (non-hydrogen) atoms. The van der Waals surface area contributed by atoms with Crippen LogP contribution in [0, 0.1) is 12.8 Å². The van der Waals surface area contributed by atoms with E-state index in [2.05, 4.69) is 17.1 Å². The highest BCUT2D eigenvalue weighted by molar-refractivity contribution is 5.96. The quantitative estimate of drug-likeness (QED) is 0.802. The van der Waals surface area contributed by atoms with Gasteiger partial charge < -0.3 is 15.8 Å². The average molecular weight is 291 g/mol. The Bertz CT molecular complexity index is 484. The Kier molecular flexibility index (Phi) is 5.59. The SMILES string of the molecule is Cc1ccc(N)cc1C(=O)NCC(C)CN1CCOCC1. The number of morpholine rings is 1. The van der Waals surface area contributed by atoms with Crippen LogP contribution in [-0.4, -0.2) is 50.2 Å². The van der Waals surface area contributed by atoms with E-state index in [9.17, 15) is 4.79 Å². The Morgan fingerprint density at radius 1 is 1.43 bits per heavy atom. The van der Waals surface area contributed by atoms with Crippen molar-refractivity contribution in [2.75, 3.05) is 45.1 Å². The minimum atomic E-state index is -0.0476. The molecule has 3 N–H and O–H groups in total. The number of rotatable bonds is 5. The van der Waals surface area contributed by atoms with Gasteiger partial charge in [-0.25, -0.2) is 0 Å². The molecule has 5 heteroatoms. The standard InChI is InChI=1S/C16H25N3O2/c1-12(11-19-5-7-21-8-6-19)10-18-16(20)15-9-14(17)4-3-13(15)2/h3-4,9,12H,5-8,10-11,17H2,1-2H3,(H,18,20). The van der Waals surface area contributed by atoms with Gasteiger partial charge in [-0.2, -0.15) is 0 Å². The van der Waals surface area contributed by atoms with Gasteiger partial charge in [0.25, 0.3) is 5.91 Å². The van der Waals surface area contributed by atoms with Crippen molar-refractivity contribution in [2.45, 2.75) is 13.8 Å². The number of nitrogens with two attached hydrogens (primary N) is 1. The molecular formula is C16H25N3O2. The van der Waals surface area contributed by atoms with Crippen molar-refractivity contribution in [3.05, 3.63) is 29.3 Å². The lowest BCUT2D eigenvalue weighted by molar-refractivity contribution is 0.0317. The van der Waals surface area contributed by atoms with Crippen molar-refractivity contribution in [2.24, 2.45) is 5.92 Å². The molecule has 5 nitrogen and oxygen atoms in total. The second kappa shape index (κ2) is 7.43. The molecule has 1 unspecified atom stereocenters. The first kappa shape index (κ1) is 15.8. The van der Waals surface area contributed by atoms with Gasteiger partial charge in [0.15, 0.2) is 0 Å². The topological polar surface area (TPSA) is 67.6 Å². The van der Waals surface area contributed by atoms with Gasteiger partial charge in [0.2, 0.25) is 0 Å². The summed E-state index contributed by atoms with van der Waals surface area (Å²) in [7, 11) is 0. The van der Waals surface area contributed by atoms with E-state index in [4.69, 9.17) is 10.5 Å². The molecule has 1 amide bonds. The summed E-state index contributed by atoms with van der Waals surface area (Å²) in [6.45, 7) is 9.31. The Morgan fingerprint density at radius 3 is 2.86 bits per heavy atom. The van der Waals surface area contributed by atoms with Crippen LogP contribution >= 0.6 is 0 Å². The van der Waals surface area contributed by atoms with Gasteiger partial charge in [-0.1, -0.05) is 13.0 Å². The Labute approximate surface area is 126 Å². The number of carbonyl (C=O) groups excluding carboxylic acids is 1. The van der Waals surface area contributed by atoms with Crippen LogP contribution in [0.2, 0.25) is 0 Å². The van der Waals surface area contributed by atoms with E-state index in [1.54, 1.807) is 6.07 Å². The van der Waals surface area contributed by atoms with E-state index >= 15 is 0 Å². The summed E-state index contributed by atoms with van der Waals surface area (Å²) in [5, 5.41) is 3.00. The molecule has 0 radical (unpaired) electrons. The van der Waals surface area contributed by atoms with E-state index in [0.717, 1.165) is 38.4 Å². The van der Waals surface area contributed by atoms with Gasteiger partial charge in [0, 0.05) is 37.4 Å². The zero-order valence-electron chi connectivity index (χ0n) is 12.9. The summed E-state index contributed by atoms with van der Waals surface area (Å²) >= 11 is 0. The highest BCUT2D eigenvalue weighted by Crippen LogP contribution is 2.12. The first-order valence-electron chi connectivity index (χ1n) is 7.50. The van der Waals surface area contributed by atoms with Crippen molar-refractivity contribution < 1.29 is 9.53 Å². The number of benzene rings is 1. The zero-order valence-corrected chi connectivity index (χ0v) is 12.9. The third-order valence-electron chi connectivity index (χ3n) is 3.79. The highest BCUT2D eigenvalue weighted by Gasteiger charge is 2.15. The average Bonchev–Trinajstić information content (AvgIpc) is 2.48. The number of hydrogen-bond acceptors (Lipinski definition) is 4. The normalized spacial score (nSPS) is 17.4. The molecule has 0 aromatic heterocycles. The van der Waals surface area contributed by atoms with E-state index < -0.39 is 0 Å². The fourth-order valence-corrected chi connectivity index (χ4v) is 2.54. The van der Waals surface area contributed by atoms with Crippen molar-refractivity contribution in [1.82, 2.24) is 10.2 Å². The van der Waals surface area contributed by atoms with E-state index in [-0.39, 0.29) is 5.91 Å². The lowest BCUT2D eigenvalue weighted by Crippen LogP contribution is -2.41. The van der Waals surface area contributed by atoms with Crippen LogP contribution in [-0.2, 0) is 4.74 Å². The first-order valence-corrected chi connectivity index (χ1v) is 7.50. The number of aryl methyl sites for hydroxylation is 1. The predicted octanol–water partition coefficient (Wildman–Crippen LogP) is 1.28. The lowest BCUT2D eigenvalue weighted by Gasteiger charge is -2.29. The smallest absolute Gasteiger partial charge is 0.251 e. The molecule has 1 heterocycles. The van der Waals surface area contributed by atoms with Crippen LogP contribution in [0.1, 0.15) is 22.8 Å². The lowest BCUT2D eigenvalue weighted by atomic mass is 10.1. The minimum absolute atomic E-state index is 0.0476. The van der Waals surface area contributed by atoms with Gasteiger partial charge in [0.1, 0.15) is 0 Å². The van der Waals surface area contributed by atoms with Crippen LogP contribution in [0.3, 0.4) is 0 Å². The number of ether oxygens (including phenoxy) is 1. The molecule has 0 spiro atoms. The Balaban J connectivity index is 1.81. The summed E-state index contributed by atoms with van der Waals surface area (Å²) in [6.07, 6.45) is 0. The van der Waals surface area contributed by atoms with Gasteiger partial charge >= 0.3 is 0 Å². The number of nitrogens with zero attached hydrogens (tertiary/aromatic N) is 1. The minimum Gasteiger partial charge on any atom is -0.399 e. The Morgan fingerprint density at radius 2 is 2.14 bits per heavy atom. The number of nitrogen functional groups attached to an aromatic ring is 1. The molecule has 0 aliphatic carbocycles. The summed E-state index contributed by atoms with van der Waals surface area (Å²) < 4.78 is 5.34. The fourth-order valence-electron chi connectivity index (χ4n) is 2.54. The molecule has 1 aromatic rings. The van der Waals surface area contributed by atoms with Gasteiger partial charge in [-0.15, -0.1) is 0 Å². The molecule has 1 aliphatic heterocycles. The largest absolute Gasteiger partial charge is 0.399 e. The van der Waals surface area contributed by atoms with Crippen LogP contribution in [0.25, 0.3) is 0 Å². The molecule has 1 atom stereocenters. The summed E-state index contributed by atoms with van der Waals surface area (Å²) in [5.74, 6) is 0.363. The first-order chi connectivity index (χ1) is 10.1. The number of hydrogen-bond donors (Lipinski definition) is 2. The van der Waals surface area contributed by atoms with E-state index in [1.165, 1.54) is 0 Å². The summed E-state index contributed by atoms with van der Waals surface area (Å²) in [5.41, 5.74) is 7.97. The second-order valence-electron chi connectivity index (χ2n) is 5.80. The van der Waals surface area contributed by atoms with Gasteiger partial charge in [0.05, 0.1) is 13.2 Å². The molecule has 116 valence electrons. The molecule has 1 saturated heterocycles. The summed E-state index contributed by atoms with van der Waals surface area (Å²) in [4.78, 5) is 14.6. The second-order valence-corrected chi connectivity index (χ2v) is 5.80. The van der Waals surface area contributed by atoms with Gasteiger partial charge in [-0.3, -0.25) is 9.69 Å². The third kappa shape index (κ3) is 4.72. The maximum absolute atomic E-state index is 12.2. The van der Waals surface area contributed by atoms with Crippen LogP contribution in [0.4, 0.5) is 5.69 Å². The maximum atomic E-state index is 12.2. The monoisotopic (exact) mass is 291 g/mol. The van der Waals surface area contributed by atoms with Crippen molar-refractivity contribution in [3.8, 4) is 0 Å².